The average molecular weight is 500 g/mol. The third kappa shape index (κ3) is 4.98. The van der Waals surface area contributed by atoms with E-state index in [9.17, 15) is 18.0 Å². The van der Waals surface area contributed by atoms with Gasteiger partial charge in [0.1, 0.15) is 10.8 Å². The van der Waals surface area contributed by atoms with Gasteiger partial charge in [0.05, 0.1) is 17.6 Å². The summed E-state index contributed by atoms with van der Waals surface area (Å²) >= 11 is 1.39. The molecule has 178 valence electrons. The van der Waals surface area contributed by atoms with E-state index in [0.717, 1.165) is 36.1 Å². The van der Waals surface area contributed by atoms with Crippen molar-refractivity contribution in [2.75, 3.05) is 17.7 Å². The van der Waals surface area contributed by atoms with Gasteiger partial charge in [-0.1, -0.05) is 6.07 Å². The highest BCUT2D eigenvalue weighted by atomic mass is 32.2. The number of sulfonamides is 1. The van der Waals surface area contributed by atoms with Crippen LogP contribution in [0.3, 0.4) is 0 Å². The lowest BCUT2D eigenvalue weighted by atomic mass is 9.95. The number of hydrogen-bond acceptors (Lipinski definition) is 6. The van der Waals surface area contributed by atoms with Gasteiger partial charge in [0.2, 0.25) is 10.0 Å². The monoisotopic (exact) mass is 499 g/mol. The number of hydrogen-bond donors (Lipinski definition) is 3. The first-order valence-corrected chi connectivity index (χ1v) is 13.1. The third-order valence-corrected chi connectivity index (χ3v) is 7.99. The summed E-state index contributed by atoms with van der Waals surface area (Å²) in [4.78, 5) is 27.3. The summed E-state index contributed by atoms with van der Waals surface area (Å²) in [7, 11) is -2.41. The van der Waals surface area contributed by atoms with Crippen LogP contribution in [0, 0.1) is 6.92 Å². The Balaban J connectivity index is 1.65. The number of carbonyl (C=O) groups is 2. The van der Waals surface area contributed by atoms with Gasteiger partial charge in [0, 0.05) is 16.1 Å². The van der Waals surface area contributed by atoms with Gasteiger partial charge in [-0.2, -0.15) is 0 Å². The Bertz CT molecular complexity index is 1360. The molecule has 4 rings (SSSR count). The van der Waals surface area contributed by atoms with Crippen molar-refractivity contribution in [3.63, 3.8) is 0 Å². The predicted molar refractivity (Wildman–Crippen MR) is 132 cm³/mol. The molecule has 4 N–H and O–H groups in total. The molecule has 1 aliphatic carbocycles. The van der Waals surface area contributed by atoms with E-state index in [0.29, 0.717) is 27.6 Å². The fourth-order valence-electron chi connectivity index (χ4n) is 3.99. The Morgan fingerprint density at radius 1 is 1.00 bits per heavy atom. The van der Waals surface area contributed by atoms with Gasteiger partial charge in [-0.15, -0.1) is 11.3 Å². The Kier molecular flexibility index (Phi) is 6.74. The van der Waals surface area contributed by atoms with Gasteiger partial charge < -0.3 is 15.4 Å². The lowest BCUT2D eigenvalue weighted by molar-refractivity contribution is 0.102. The molecular weight excluding hydrogens is 474 g/mol. The quantitative estimate of drug-likeness (QED) is 0.471. The summed E-state index contributed by atoms with van der Waals surface area (Å²) in [5, 5.41) is 11.5. The van der Waals surface area contributed by atoms with Crippen molar-refractivity contribution in [2.24, 2.45) is 5.14 Å². The largest absolute Gasteiger partial charge is 0.497 e. The van der Waals surface area contributed by atoms with E-state index < -0.39 is 15.9 Å². The van der Waals surface area contributed by atoms with Gasteiger partial charge >= 0.3 is 0 Å². The van der Waals surface area contributed by atoms with Crippen LogP contribution in [0.15, 0.2) is 47.4 Å². The fraction of sp³-hybridized carbons (Fsp3) is 0.250. The second-order valence-corrected chi connectivity index (χ2v) is 10.7. The smallest absolute Gasteiger partial charge is 0.258 e. The van der Waals surface area contributed by atoms with Gasteiger partial charge in [0.15, 0.2) is 0 Å². The molecule has 0 saturated heterocycles. The van der Waals surface area contributed by atoms with E-state index >= 15 is 0 Å². The lowest BCUT2D eigenvalue weighted by Gasteiger charge is -2.14. The zero-order chi connectivity index (χ0) is 24.5. The molecule has 0 radical (unpaired) electrons. The summed E-state index contributed by atoms with van der Waals surface area (Å²) in [5.74, 6) is -0.146. The normalized spacial score (nSPS) is 13.1. The van der Waals surface area contributed by atoms with Crippen LogP contribution in [0.2, 0.25) is 0 Å². The first-order valence-electron chi connectivity index (χ1n) is 10.7. The van der Waals surface area contributed by atoms with Crippen LogP contribution in [0.25, 0.3) is 0 Å². The van der Waals surface area contributed by atoms with E-state index in [1.54, 1.807) is 38.3 Å². The Morgan fingerprint density at radius 2 is 1.71 bits per heavy atom. The van der Waals surface area contributed by atoms with Crippen LogP contribution >= 0.6 is 11.3 Å². The van der Waals surface area contributed by atoms with E-state index in [1.807, 2.05) is 0 Å². The number of thiophene rings is 1. The number of nitrogens with one attached hydrogen (secondary N) is 2. The SMILES string of the molecule is COc1ccc(NC(=O)c2c(NC(=O)c3ccc(C)c(S(N)(=O)=O)c3)sc3c2CCCC3)cc1. The molecule has 0 aliphatic heterocycles. The second kappa shape index (κ2) is 9.57. The maximum absolute atomic E-state index is 13.3. The zero-order valence-electron chi connectivity index (χ0n) is 18.8. The number of ether oxygens (including phenoxy) is 1. The molecule has 1 aliphatic rings. The van der Waals surface area contributed by atoms with Crippen molar-refractivity contribution in [2.45, 2.75) is 37.5 Å². The molecule has 1 heterocycles. The van der Waals surface area contributed by atoms with Crippen molar-refractivity contribution >= 4 is 43.9 Å². The average Bonchev–Trinajstić information content (AvgIpc) is 3.17. The highest BCUT2D eigenvalue weighted by Gasteiger charge is 2.27. The first-order chi connectivity index (χ1) is 16.2. The van der Waals surface area contributed by atoms with E-state index in [-0.39, 0.29) is 16.4 Å². The minimum Gasteiger partial charge on any atom is -0.497 e. The van der Waals surface area contributed by atoms with Crippen molar-refractivity contribution in [3.05, 3.63) is 69.6 Å². The van der Waals surface area contributed by atoms with Crippen LogP contribution in [-0.4, -0.2) is 27.3 Å². The highest BCUT2D eigenvalue weighted by Crippen LogP contribution is 2.39. The van der Waals surface area contributed by atoms with Crippen LogP contribution in [0.1, 0.15) is 49.6 Å². The Morgan fingerprint density at radius 3 is 2.38 bits per heavy atom. The van der Waals surface area contributed by atoms with Crippen LogP contribution in [-0.2, 0) is 22.9 Å². The number of rotatable bonds is 6. The molecule has 0 fully saturated rings. The molecule has 0 bridgehead atoms. The van der Waals surface area contributed by atoms with Crippen molar-refractivity contribution < 1.29 is 22.7 Å². The van der Waals surface area contributed by atoms with E-state index in [2.05, 4.69) is 10.6 Å². The number of fused-ring (bicyclic) bond motifs is 1. The van der Waals surface area contributed by atoms with Crippen LogP contribution in [0.4, 0.5) is 10.7 Å². The third-order valence-electron chi connectivity index (χ3n) is 5.73. The molecule has 2 amide bonds. The summed E-state index contributed by atoms with van der Waals surface area (Å²) in [6, 6.07) is 11.3. The van der Waals surface area contributed by atoms with Crippen LogP contribution < -0.4 is 20.5 Å². The summed E-state index contributed by atoms with van der Waals surface area (Å²) in [5.41, 5.74) is 2.59. The van der Waals surface area contributed by atoms with E-state index in [4.69, 9.17) is 9.88 Å². The maximum Gasteiger partial charge on any atom is 0.258 e. The molecule has 0 unspecified atom stereocenters. The Hall–Kier alpha value is -3.21. The van der Waals surface area contributed by atoms with Crippen molar-refractivity contribution in [3.8, 4) is 5.75 Å². The number of methoxy groups -OCH3 is 1. The van der Waals surface area contributed by atoms with Crippen LogP contribution in [0.5, 0.6) is 5.75 Å². The molecule has 0 atom stereocenters. The first kappa shape index (κ1) is 23.9. The standard InChI is InChI=1S/C24H25N3O5S2/c1-14-7-8-15(13-20(14)34(25,30)31)22(28)27-24-21(18-5-3-4-6-19(18)33-24)23(29)26-16-9-11-17(32-2)12-10-16/h7-13H,3-6H2,1-2H3,(H,26,29)(H,27,28)(H2,25,30,31). The predicted octanol–water partition coefficient (Wildman–Crippen LogP) is 4.10. The molecular formula is C24H25N3O5S2. The maximum atomic E-state index is 13.3. The van der Waals surface area contributed by atoms with Crippen molar-refractivity contribution in [1.82, 2.24) is 0 Å². The highest BCUT2D eigenvalue weighted by molar-refractivity contribution is 7.89. The van der Waals surface area contributed by atoms with Gasteiger partial charge in [-0.05, 0) is 80.1 Å². The molecule has 1 aromatic heterocycles. The molecule has 0 saturated carbocycles. The molecule has 34 heavy (non-hydrogen) atoms. The lowest BCUT2D eigenvalue weighted by Crippen LogP contribution is -2.19. The Labute approximate surface area is 202 Å². The summed E-state index contributed by atoms with van der Waals surface area (Å²) in [6.45, 7) is 1.61. The number of aryl methyl sites for hydroxylation is 2. The fourth-order valence-corrected chi connectivity index (χ4v) is 6.08. The summed E-state index contributed by atoms with van der Waals surface area (Å²) in [6.07, 6.45) is 3.59. The van der Waals surface area contributed by atoms with Gasteiger partial charge in [0.25, 0.3) is 11.8 Å². The number of carbonyl (C=O) groups excluding carboxylic acids is 2. The number of amides is 2. The van der Waals surface area contributed by atoms with Gasteiger partial charge in [-0.25, -0.2) is 13.6 Å². The van der Waals surface area contributed by atoms with Crippen molar-refractivity contribution in [1.29, 1.82) is 0 Å². The second-order valence-electron chi connectivity index (χ2n) is 8.08. The number of benzene rings is 2. The minimum absolute atomic E-state index is 0.108. The molecule has 3 aromatic rings. The number of anilines is 2. The molecule has 2 aromatic carbocycles. The number of primary sulfonamides is 1. The molecule has 0 spiro atoms. The summed E-state index contributed by atoms with van der Waals surface area (Å²) < 4.78 is 28.9. The minimum atomic E-state index is -3.98. The van der Waals surface area contributed by atoms with Gasteiger partial charge in [-0.3, -0.25) is 9.59 Å². The zero-order valence-corrected chi connectivity index (χ0v) is 20.4. The molecule has 8 nitrogen and oxygen atoms in total. The number of nitrogens with two attached hydrogens (primary N) is 1. The van der Waals surface area contributed by atoms with E-state index in [1.165, 1.54) is 29.5 Å². The topological polar surface area (TPSA) is 128 Å². The molecule has 10 heteroatoms.